The van der Waals surface area contributed by atoms with Gasteiger partial charge in [0.25, 0.3) is 0 Å². The van der Waals surface area contributed by atoms with Gasteiger partial charge in [0.2, 0.25) is 0 Å². The van der Waals surface area contributed by atoms with E-state index in [9.17, 15) is 0 Å². The van der Waals surface area contributed by atoms with Crippen molar-refractivity contribution in [3.63, 3.8) is 0 Å². The monoisotopic (exact) mass is 833 g/mol. The van der Waals surface area contributed by atoms with Crippen LogP contribution in [0.5, 0.6) is 11.5 Å². The molecule has 0 unspecified atom stereocenters. The van der Waals surface area contributed by atoms with E-state index in [1.165, 1.54) is 16.7 Å². The molecule has 0 N–H and O–H groups in total. The van der Waals surface area contributed by atoms with E-state index in [0.29, 0.717) is 11.5 Å². The van der Waals surface area contributed by atoms with Crippen molar-refractivity contribution in [3.05, 3.63) is 154 Å². The van der Waals surface area contributed by atoms with Crippen molar-refractivity contribution in [3.8, 4) is 34.0 Å². The van der Waals surface area contributed by atoms with Crippen LogP contribution in [0.4, 0.5) is 11.5 Å². The van der Waals surface area contributed by atoms with E-state index < -0.39 is 0 Å². The molecule has 8 rings (SSSR count). The molecule has 5 aromatic carbocycles. The summed E-state index contributed by atoms with van der Waals surface area (Å²) in [5.41, 5.74) is 11.4. The van der Waals surface area contributed by atoms with Gasteiger partial charge in [-0.05, 0) is 18.6 Å². The first kappa shape index (κ1) is 32.2. The third kappa shape index (κ3) is 6.05. The summed E-state index contributed by atoms with van der Waals surface area (Å²) in [6, 6.07) is 47.7. The third-order valence-corrected chi connectivity index (χ3v) is 10.4. The molecule has 0 amide bonds. The van der Waals surface area contributed by atoms with Gasteiger partial charge in [-0.1, -0.05) is 6.07 Å². The Balaban J connectivity index is 1.21. The number of aromatic nitrogens is 3. The Hall–Kier alpha value is -4.99. The van der Waals surface area contributed by atoms with Crippen LogP contribution in [-0.4, -0.2) is 20.7 Å². The number of para-hydroxylation sites is 2. The van der Waals surface area contributed by atoms with Gasteiger partial charge in [-0.15, -0.1) is 0 Å². The van der Waals surface area contributed by atoms with Crippen molar-refractivity contribution in [2.45, 2.75) is 46.0 Å². The standard InChI is InChI=1S/C44H38N4O.Pt/c1-31-23-24-45-43(26-31)46-25-11-16-38-39(32-12-6-5-7-13-32)28-37(29-42(38)46)49-36-15-10-14-35(27-36)48-30-47(40-17-8-9-18-41(40)48)34-21-19-33(20-22-34)44(2,3)4;/h5-10,12-15,17-24,26,28H,11,16,25H2,1-4H3;/q-2;. The van der Waals surface area contributed by atoms with Gasteiger partial charge >= 0.3 is 275 Å². The zero-order valence-corrected chi connectivity index (χ0v) is 31.0. The molecular formula is C44H38N4OPt-2. The molecule has 5 nitrogen and oxygen atoms in total. The number of benzene rings is 5. The second-order valence-electron chi connectivity index (χ2n) is 13.9. The van der Waals surface area contributed by atoms with E-state index in [4.69, 9.17) is 9.72 Å². The molecule has 0 saturated carbocycles. The molecule has 1 aliphatic heterocycles. The number of nitrogens with zero attached hydrogens (tertiary/aromatic N) is 4. The zero-order chi connectivity index (χ0) is 34.4. The van der Waals surface area contributed by atoms with Crippen LogP contribution in [0.15, 0.2) is 121 Å². The molecule has 3 heterocycles. The van der Waals surface area contributed by atoms with Gasteiger partial charge in [0.1, 0.15) is 0 Å². The molecule has 0 spiro atoms. The minimum absolute atomic E-state index is 0.0903. The number of fused-ring (bicyclic) bond motifs is 2. The fourth-order valence-electron chi connectivity index (χ4n) is 6.85. The summed E-state index contributed by atoms with van der Waals surface area (Å²) in [6.07, 6.45) is 3.89. The van der Waals surface area contributed by atoms with Crippen LogP contribution in [0, 0.1) is 22.9 Å². The van der Waals surface area contributed by atoms with Crippen LogP contribution in [0.3, 0.4) is 0 Å². The second kappa shape index (κ2) is 13.0. The maximum absolute atomic E-state index is 6.68. The summed E-state index contributed by atoms with van der Waals surface area (Å²) in [4.78, 5) is 7.03. The van der Waals surface area contributed by atoms with E-state index in [1.54, 1.807) is 0 Å². The number of anilines is 2. The first-order valence-corrected chi connectivity index (χ1v) is 18.2. The third-order valence-electron chi connectivity index (χ3n) is 9.38. The fourth-order valence-corrected chi connectivity index (χ4v) is 7.97. The normalized spacial score (nSPS) is 13.0. The minimum atomic E-state index is 0.0903. The van der Waals surface area contributed by atoms with Crippen LogP contribution in [0.2, 0.25) is 0 Å². The number of hydrogen-bond acceptors (Lipinski definition) is 3. The molecule has 252 valence electrons. The number of aryl methyl sites for hydroxylation is 1. The molecular weight excluding hydrogens is 796 g/mol. The van der Waals surface area contributed by atoms with Gasteiger partial charge in [-0.2, -0.15) is 0 Å². The van der Waals surface area contributed by atoms with Crippen LogP contribution >= 0.6 is 0 Å². The van der Waals surface area contributed by atoms with Crippen molar-refractivity contribution in [1.29, 1.82) is 0 Å². The van der Waals surface area contributed by atoms with E-state index in [0.717, 1.165) is 68.2 Å². The topological polar surface area (TPSA) is 35.2 Å². The summed E-state index contributed by atoms with van der Waals surface area (Å²) < 4.78 is 12.3. The van der Waals surface area contributed by atoms with Crippen LogP contribution in [0.25, 0.3) is 33.5 Å². The molecule has 7 aromatic rings. The summed E-state index contributed by atoms with van der Waals surface area (Å²) in [7, 11) is 0. The molecule has 0 bridgehead atoms. The second-order valence-corrected chi connectivity index (χ2v) is 14.9. The van der Waals surface area contributed by atoms with Crippen molar-refractivity contribution < 1.29 is 24.1 Å². The number of hydrogen-bond donors (Lipinski definition) is 0. The Morgan fingerprint density at radius 3 is 2.24 bits per heavy atom. The zero-order valence-electron chi connectivity index (χ0n) is 28.7. The predicted octanol–water partition coefficient (Wildman–Crippen LogP) is 10.6. The van der Waals surface area contributed by atoms with Crippen LogP contribution in [-0.2, 0) is 31.2 Å². The summed E-state index contributed by atoms with van der Waals surface area (Å²) in [6.45, 7) is 9.72. The predicted molar refractivity (Wildman–Crippen MR) is 198 cm³/mol. The molecule has 0 aliphatic carbocycles. The van der Waals surface area contributed by atoms with Crippen molar-refractivity contribution in [2.75, 3.05) is 11.4 Å². The van der Waals surface area contributed by atoms with Crippen molar-refractivity contribution >= 4 is 22.5 Å². The van der Waals surface area contributed by atoms with Gasteiger partial charge in [-0.3, -0.25) is 0 Å². The molecule has 50 heavy (non-hydrogen) atoms. The number of imidazole rings is 1. The van der Waals surface area contributed by atoms with Crippen LogP contribution in [0.1, 0.15) is 43.9 Å². The average molecular weight is 834 g/mol. The molecule has 1 aliphatic rings. The Morgan fingerprint density at radius 2 is 1.50 bits per heavy atom. The molecule has 0 atom stereocenters. The maximum atomic E-state index is 6.68. The fraction of sp³-hybridized carbons (Fsp3) is 0.182. The Bertz CT molecular complexity index is 2400. The van der Waals surface area contributed by atoms with Crippen molar-refractivity contribution in [2.24, 2.45) is 0 Å². The Morgan fingerprint density at radius 1 is 0.760 bits per heavy atom. The number of rotatable bonds is 6. The van der Waals surface area contributed by atoms with Crippen LogP contribution < -0.4 is 9.64 Å². The molecule has 0 radical (unpaired) electrons. The number of ether oxygens (including phenoxy) is 1. The SMILES string of the molecule is Cc1ccnc(N2CCCc3c2[c-]c(Oc2[c-]c(-n4[c](=[Pt])n(-c5ccc(C(C)(C)C)cc5)c5ccccc54)ccc2)cc3-c2ccccc2)c1. The first-order chi connectivity index (χ1) is 24.2. The van der Waals surface area contributed by atoms with Gasteiger partial charge in [-0.25, -0.2) is 0 Å². The molecule has 6 heteroatoms. The van der Waals surface area contributed by atoms with Gasteiger partial charge in [0.05, 0.1) is 0 Å². The van der Waals surface area contributed by atoms with Crippen molar-refractivity contribution in [1.82, 2.24) is 14.1 Å². The molecule has 0 saturated heterocycles. The summed E-state index contributed by atoms with van der Waals surface area (Å²) in [5, 5.41) is 0. The van der Waals surface area contributed by atoms with E-state index >= 15 is 0 Å². The van der Waals surface area contributed by atoms with E-state index in [2.05, 4.69) is 170 Å². The molecule has 0 fully saturated rings. The van der Waals surface area contributed by atoms with Gasteiger partial charge in [0.15, 0.2) is 0 Å². The quantitative estimate of drug-likeness (QED) is 0.157. The summed E-state index contributed by atoms with van der Waals surface area (Å²) >= 11 is 2.43. The first-order valence-electron chi connectivity index (χ1n) is 17.1. The van der Waals surface area contributed by atoms with Gasteiger partial charge in [0, 0.05) is 6.20 Å². The summed E-state index contributed by atoms with van der Waals surface area (Å²) in [5.74, 6) is 2.21. The van der Waals surface area contributed by atoms with E-state index in [1.807, 2.05) is 24.4 Å². The Labute approximate surface area is 304 Å². The van der Waals surface area contributed by atoms with Gasteiger partial charge < -0.3 is 0 Å². The Kier molecular flexibility index (Phi) is 8.41. The average Bonchev–Trinajstić information content (AvgIpc) is 3.42. The molecule has 2 aromatic heterocycles. The number of pyridine rings is 1. The van der Waals surface area contributed by atoms with E-state index in [-0.39, 0.29) is 5.41 Å².